The second-order valence-corrected chi connectivity index (χ2v) is 5.81. The number of carbonyl (C=O) groups is 1. The molecular weight excluding hydrogens is 245 g/mol. The minimum Gasteiger partial charge on any atom is -0.494 e. The van der Waals surface area contributed by atoms with Crippen LogP contribution in [0.2, 0.25) is 0 Å². The molecule has 4 heteroatoms. The Morgan fingerprint density at radius 2 is 2.05 bits per heavy atom. The zero-order chi connectivity index (χ0) is 14.5. The van der Waals surface area contributed by atoms with E-state index < -0.39 is 0 Å². The van der Waals surface area contributed by atoms with E-state index in [1.165, 1.54) is 13.2 Å². The molecule has 0 aliphatic carbocycles. The Hall–Kier alpha value is -1.58. The van der Waals surface area contributed by atoms with Crippen LogP contribution in [-0.2, 0) is 11.2 Å². The van der Waals surface area contributed by atoms with Crippen molar-refractivity contribution in [3.63, 3.8) is 0 Å². The molecule has 1 aromatic rings. The number of methoxy groups -OCH3 is 1. The Morgan fingerprint density at radius 1 is 1.37 bits per heavy atom. The molecular formula is C15H22FNO2. The summed E-state index contributed by atoms with van der Waals surface area (Å²) in [5.74, 6) is -0.108. The first-order chi connectivity index (χ1) is 8.81. The largest absolute Gasteiger partial charge is 0.494 e. The Labute approximate surface area is 114 Å². The number of benzene rings is 1. The number of ether oxygens (including phenoxy) is 1. The summed E-state index contributed by atoms with van der Waals surface area (Å²) in [7, 11) is 1.44. The van der Waals surface area contributed by atoms with Crippen molar-refractivity contribution in [3.05, 3.63) is 29.6 Å². The average Bonchev–Trinajstić information content (AvgIpc) is 2.26. The van der Waals surface area contributed by atoms with Gasteiger partial charge in [0.15, 0.2) is 11.6 Å². The molecule has 106 valence electrons. The third-order valence-electron chi connectivity index (χ3n) is 2.64. The predicted octanol–water partition coefficient (Wildman–Crippen LogP) is 2.93. The van der Waals surface area contributed by atoms with Gasteiger partial charge in [-0.15, -0.1) is 0 Å². The molecule has 1 aromatic carbocycles. The number of hydrogen-bond donors (Lipinski definition) is 1. The van der Waals surface area contributed by atoms with Crippen molar-refractivity contribution in [2.75, 3.05) is 13.7 Å². The first-order valence-corrected chi connectivity index (χ1v) is 6.41. The maximum absolute atomic E-state index is 13.4. The third kappa shape index (κ3) is 5.73. The monoisotopic (exact) mass is 267 g/mol. The highest BCUT2D eigenvalue weighted by molar-refractivity contribution is 5.76. The van der Waals surface area contributed by atoms with Crippen molar-refractivity contribution in [3.8, 4) is 5.75 Å². The number of nitrogens with one attached hydrogen (secondary N) is 1. The molecule has 0 aromatic heterocycles. The molecule has 0 radical (unpaired) electrons. The zero-order valence-corrected chi connectivity index (χ0v) is 12.0. The van der Waals surface area contributed by atoms with E-state index in [0.29, 0.717) is 19.4 Å². The quantitative estimate of drug-likeness (QED) is 0.890. The highest BCUT2D eigenvalue weighted by Crippen LogP contribution is 2.19. The minimum atomic E-state index is -0.374. The molecule has 1 rings (SSSR count). The number of carbonyl (C=O) groups excluding carboxylic acids is 1. The fourth-order valence-corrected chi connectivity index (χ4v) is 1.76. The van der Waals surface area contributed by atoms with Crippen LogP contribution in [0.4, 0.5) is 4.39 Å². The van der Waals surface area contributed by atoms with Gasteiger partial charge in [0.2, 0.25) is 5.91 Å². The van der Waals surface area contributed by atoms with Crippen molar-refractivity contribution in [1.29, 1.82) is 0 Å². The summed E-state index contributed by atoms with van der Waals surface area (Å²) in [6.07, 6.45) is 1.10. The molecule has 19 heavy (non-hydrogen) atoms. The van der Waals surface area contributed by atoms with E-state index >= 15 is 0 Å². The normalized spacial score (nSPS) is 11.2. The van der Waals surface area contributed by atoms with Gasteiger partial charge in [-0.3, -0.25) is 4.79 Å². The van der Waals surface area contributed by atoms with E-state index in [2.05, 4.69) is 5.32 Å². The third-order valence-corrected chi connectivity index (χ3v) is 2.64. The van der Waals surface area contributed by atoms with Gasteiger partial charge in [-0.1, -0.05) is 26.8 Å². The molecule has 0 aliphatic rings. The molecule has 3 nitrogen and oxygen atoms in total. The maximum Gasteiger partial charge on any atom is 0.220 e. The molecule has 0 bridgehead atoms. The Bertz CT molecular complexity index is 438. The standard InChI is InChI=1S/C15H22FNO2/c1-15(2,3)10-14(18)17-8-7-11-5-6-13(19-4)12(16)9-11/h5-6,9H,7-8,10H2,1-4H3,(H,17,18). The fourth-order valence-electron chi connectivity index (χ4n) is 1.76. The highest BCUT2D eigenvalue weighted by Gasteiger charge is 2.15. The predicted molar refractivity (Wildman–Crippen MR) is 73.7 cm³/mol. The van der Waals surface area contributed by atoms with Crippen LogP contribution in [0, 0.1) is 11.2 Å². The van der Waals surface area contributed by atoms with Gasteiger partial charge < -0.3 is 10.1 Å². The van der Waals surface area contributed by atoms with Gasteiger partial charge in [0.25, 0.3) is 0 Å². The van der Waals surface area contributed by atoms with Gasteiger partial charge in [-0.2, -0.15) is 0 Å². The molecule has 0 unspecified atom stereocenters. The van der Waals surface area contributed by atoms with Gasteiger partial charge in [0.05, 0.1) is 7.11 Å². The highest BCUT2D eigenvalue weighted by atomic mass is 19.1. The van der Waals surface area contributed by atoms with Crippen molar-refractivity contribution in [1.82, 2.24) is 5.32 Å². The van der Waals surface area contributed by atoms with Crippen molar-refractivity contribution >= 4 is 5.91 Å². The summed E-state index contributed by atoms with van der Waals surface area (Å²) >= 11 is 0. The van der Waals surface area contributed by atoms with Crippen LogP contribution >= 0.6 is 0 Å². The summed E-state index contributed by atoms with van der Waals surface area (Å²) in [4.78, 5) is 11.6. The van der Waals surface area contributed by atoms with Crippen LogP contribution in [0.5, 0.6) is 5.75 Å². The maximum atomic E-state index is 13.4. The summed E-state index contributed by atoms with van der Waals surface area (Å²) in [5.41, 5.74) is 0.824. The molecule has 0 fully saturated rings. The van der Waals surface area contributed by atoms with Crippen LogP contribution < -0.4 is 10.1 Å². The van der Waals surface area contributed by atoms with Gasteiger partial charge in [-0.25, -0.2) is 4.39 Å². The molecule has 1 amide bonds. The molecule has 0 saturated carbocycles. The second kappa shape index (κ2) is 6.55. The van der Waals surface area contributed by atoms with Crippen LogP contribution in [0.15, 0.2) is 18.2 Å². The number of amides is 1. The molecule has 0 heterocycles. The summed E-state index contributed by atoms with van der Waals surface area (Å²) < 4.78 is 18.3. The van der Waals surface area contributed by atoms with E-state index in [4.69, 9.17) is 4.74 Å². The Kier molecular flexibility index (Phi) is 5.33. The second-order valence-electron chi connectivity index (χ2n) is 5.81. The summed E-state index contributed by atoms with van der Waals surface area (Å²) in [6.45, 7) is 6.57. The molecule has 1 N–H and O–H groups in total. The van der Waals surface area contributed by atoms with Gasteiger partial charge in [-0.05, 0) is 29.5 Å². The number of hydrogen-bond acceptors (Lipinski definition) is 2. The summed E-state index contributed by atoms with van der Waals surface area (Å²) in [6, 6.07) is 4.84. The van der Waals surface area contributed by atoms with E-state index in [1.807, 2.05) is 20.8 Å². The first kappa shape index (κ1) is 15.5. The van der Waals surface area contributed by atoms with Crippen molar-refractivity contribution in [2.24, 2.45) is 5.41 Å². The lowest BCUT2D eigenvalue weighted by Crippen LogP contribution is -2.29. The minimum absolute atomic E-state index is 0.0176. The van der Waals surface area contributed by atoms with Gasteiger partial charge in [0, 0.05) is 13.0 Å². The van der Waals surface area contributed by atoms with Crippen LogP contribution in [0.25, 0.3) is 0 Å². The number of rotatable bonds is 5. The Morgan fingerprint density at radius 3 is 2.58 bits per heavy atom. The zero-order valence-electron chi connectivity index (χ0n) is 12.0. The van der Waals surface area contributed by atoms with E-state index in [1.54, 1.807) is 12.1 Å². The lowest BCUT2D eigenvalue weighted by Gasteiger charge is -2.17. The lowest BCUT2D eigenvalue weighted by atomic mass is 9.92. The van der Waals surface area contributed by atoms with Crippen molar-refractivity contribution in [2.45, 2.75) is 33.6 Å². The Balaban J connectivity index is 2.41. The smallest absolute Gasteiger partial charge is 0.220 e. The van der Waals surface area contributed by atoms with E-state index in [-0.39, 0.29) is 22.9 Å². The molecule has 0 spiro atoms. The molecule has 0 saturated heterocycles. The number of halogens is 1. The topological polar surface area (TPSA) is 38.3 Å². The van der Waals surface area contributed by atoms with Crippen LogP contribution in [-0.4, -0.2) is 19.6 Å². The first-order valence-electron chi connectivity index (χ1n) is 6.41. The van der Waals surface area contributed by atoms with Gasteiger partial charge in [0.1, 0.15) is 0 Å². The van der Waals surface area contributed by atoms with Crippen molar-refractivity contribution < 1.29 is 13.9 Å². The summed E-state index contributed by atoms with van der Waals surface area (Å²) in [5, 5.41) is 2.84. The fraction of sp³-hybridized carbons (Fsp3) is 0.533. The average molecular weight is 267 g/mol. The lowest BCUT2D eigenvalue weighted by molar-refractivity contribution is -0.122. The van der Waals surface area contributed by atoms with Crippen LogP contribution in [0.3, 0.4) is 0 Å². The van der Waals surface area contributed by atoms with E-state index in [9.17, 15) is 9.18 Å². The van der Waals surface area contributed by atoms with Gasteiger partial charge >= 0.3 is 0 Å². The SMILES string of the molecule is COc1ccc(CCNC(=O)CC(C)(C)C)cc1F. The van der Waals surface area contributed by atoms with E-state index in [0.717, 1.165) is 5.56 Å². The molecule has 0 atom stereocenters. The molecule has 0 aliphatic heterocycles. The van der Waals surface area contributed by atoms with Crippen LogP contribution in [0.1, 0.15) is 32.8 Å².